The van der Waals surface area contributed by atoms with Crippen LogP contribution in [0.15, 0.2) is 42.5 Å². The molecule has 2 amide bonds. The Bertz CT molecular complexity index is 1170. The van der Waals surface area contributed by atoms with E-state index in [4.69, 9.17) is 16.3 Å². The van der Waals surface area contributed by atoms with Crippen LogP contribution < -0.4 is 5.32 Å². The molecule has 1 saturated carbocycles. The maximum absolute atomic E-state index is 14.1. The third-order valence-corrected chi connectivity index (χ3v) is 7.64. The first kappa shape index (κ1) is 20.5. The van der Waals surface area contributed by atoms with E-state index < -0.39 is 6.04 Å². The van der Waals surface area contributed by atoms with Crippen molar-refractivity contribution in [1.82, 2.24) is 10.2 Å². The number of thiophene rings is 1. The first-order valence-electron chi connectivity index (χ1n) is 10.5. The maximum atomic E-state index is 14.1. The second-order valence-electron chi connectivity index (χ2n) is 8.02. The average Bonchev–Trinajstić information content (AvgIpc) is 3.06. The van der Waals surface area contributed by atoms with Crippen LogP contribution in [0.5, 0.6) is 0 Å². The third kappa shape index (κ3) is 3.43. The topological polar surface area (TPSA) is 58.6 Å². The van der Waals surface area contributed by atoms with Crippen molar-refractivity contribution in [2.45, 2.75) is 31.3 Å². The van der Waals surface area contributed by atoms with Gasteiger partial charge in [0.05, 0.1) is 12.2 Å². The zero-order valence-corrected chi connectivity index (χ0v) is 18.8. The number of nitrogens with one attached hydrogen (secondary N) is 1. The largest absolute Gasteiger partial charge is 0.383 e. The van der Waals surface area contributed by atoms with E-state index in [1.54, 1.807) is 18.4 Å². The molecule has 1 N–H and O–H groups in total. The number of ether oxygens (including phenoxy) is 1. The summed E-state index contributed by atoms with van der Waals surface area (Å²) in [4.78, 5) is 30.2. The van der Waals surface area contributed by atoms with Crippen LogP contribution in [0.1, 0.15) is 41.2 Å². The summed E-state index contributed by atoms with van der Waals surface area (Å²) in [5.41, 5.74) is 2.47. The standard InChI is InChI=1S/C24H23ClN2O3S/c1-30-12-11-26-23(28)21-16-7-2-3-8-17(16)22-20(24(29)27(21)15-5-4-6-15)18-13-14(25)9-10-19(18)31-22/h2-3,7-10,13,15,21H,4-6,11-12H2,1H3,(H,26,28). The Balaban J connectivity index is 1.72. The number of carbonyl (C=O) groups excluding carboxylic acids is 2. The zero-order valence-electron chi connectivity index (χ0n) is 17.2. The molecular formula is C24H23ClN2O3S. The lowest BCUT2D eigenvalue weighted by Gasteiger charge is -2.41. The highest BCUT2D eigenvalue weighted by molar-refractivity contribution is 7.22. The average molecular weight is 455 g/mol. The molecule has 0 radical (unpaired) electrons. The number of nitrogens with zero attached hydrogens (tertiary/aromatic N) is 1. The quantitative estimate of drug-likeness (QED) is 0.550. The summed E-state index contributed by atoms with van der Waals surface area (Å²) in [5.74, 6) is -0.251. The van der Waals surface area contributed by atoms with Gasteiger partial charge in [-0.2, -0.15) is 0 Å². The SMILES string of the molecule is COCCNC(=O)C1c2ccccc2-c2sc3ccc(Cl)cc3c2C(=O)N1C1CCC1. The Hall–Kier alpha value is -2.41. The molecule has 1 aliphatic carbocycles. The molecule has 1 atom stereocenters. The van der Waals surface area contributed by atoms with Gasteiger partial charge in [0.15, 0.2) is 0 Å². The van der Waals surface area contributed by atoms with Gasteiger partial charge in [0.25, 0.3) is 5.91 Å². The summed E-state index contributed by atoms with van der Waals surface area (Å²) in [5, 5.41) is 4.42. The van der Waals surface area contributed by atoms with Gasteiger partial charge in [-0.3, -0.25) is 9.59 Å². The lowest BCUT2D eigenvalue weighted by atomic mass is 9.88. The zero-order chi connectivity index (χ0) is 21.5. The molecular weight excluding hydrogens is 432 g/mol. The monoisotopic (exact) mass is 454 g/mol. The second-order valence-corrected chi connectivity index (χ2v) is 9.51. The number of benzene rings is 2. The van der Waals surface area contributed by atoms with E-state index in [-0.39, 0.29) is 17.9 Å². The first-order valence-corrected chi connectivity index (χ1v) is 11.7. The first-order chi connectivity index (χ1) is 15.1. The predicted octanol–water partition coefficient (Wildman–Crippen LogP) is 5.03. The Kier molecular flexibility index (Phi) is 5.46. The van der Waals surface area contributed by atoms with Crippen LogP contribution in [-0.4, -0.2) is 43.0 Å². The van der Waals surface area contributed by atoms with Gasteiger partial charge in [-0.05, 0) is 48.6 Å². The van der Waals surface area contributed by atoms with Crippen LogP contribution in [0.25, 0.3) is 20.5 Å². The lowest BCUT2D eigenvalue weighted by molar-refractivity contribution is -0.127. The van der Waals surface area contributed by atoms with Crippen LogP contribution in [-0.2, 0) is 9.53 Å². The molecule has 0 saturated heterocycles. The fourth-order valence-corrected chi connectivity index (χ4v) is 5.89. The van der Waals surface area contributed by atoms with Gasteiger partial charge in [-0.1, -0.05) is 35.9 Å². The minimum atomic E-state index is -0.667. The highest BCUT2D eigenvalue weighted by Gasteiger charge is 2.44. The summed E-state index contributed by atoms with van der Waals surface area (Å²) in [6.45, 7) is 0.828. The predicted molar refractivity (Wildman–Crippen MR) is 124 cm³/mol. The van der Waals surface area contributed by atoms with Crippen molar-refractivity contribution in [3.63, 3.8) is 0 Å². The maximum Gasteiger partial charge on any atom is 0.257 e. The van der Waals surface area contributed by atoms with E-state index in [0.717, 1.165) is 45.4 Å². The highest BCUT2D eigenvalue weighted by Crippen LogP contribution is 2.48. The summed E-state index contributed by atoms with van der Waals surface area (Å²) in [6.07, 6.45) is 2.89. The van der Waals surface area contributed by atoms with Crippen molar-refractivity contribution in [1.29, 1.82) is 0 Å². The van der Waals surface area contributed by atoms with Crippen LogP contribution >= 0.6 is 22.9 Å². The van der Waals surface area contributed by atoms with Gasteiger partial charge in [0.1, 0.15) is 6.04 Å². The number of hydrogen-bond acceptors (Lipinski definition) is 4. The molecule has 5 nitrogen and oxygen atoms in total. The Morgan fingerprint density at radius 3 is 2.81 bits per heavy atom. The molecule has 5 rings (SSSR count). The smallest absolute Gasteiger partial charge is 0.257 e. The van der Waals surface area contributed by atoms with Gasteiger partial charge in [-0.15, -0.1) is 11.3 Å². The molecule has 1 unspecified atom stereocenters. The van der Waals surface area contributed by atoms with Gasteiger partial charge < -0.3 is 15.0 Å². The minimum absolute atomic E-state index is 0.0545. The molecule has 2 aliphatic rings. The van der Waals surface area contributed by atoms with Gasteiger partial charge >= 0.3 is 0 Å². The van der Waals surface area contributed by atoms with E-state index in [9.17, 15) is 9.59 Å². The third-order valence-electron chi connectivity index (χ3n) is 6.20. The summed E-state index contributed by atoms with van der Waals surface area (Å²) in [7, 11) is 1.60. The van der Waals surface area contributed by atoms with Crippen LogP contribution in [0.3, 0.4) is 0 Å². The number of carbonyl (C=O) groups is 2. The van der Waals surface area contributed by atoms with Gasteiger partial charge in [0.2, 0.25) is 5.91 Å². The van der Waals surface area contributed by atoms with Crippen molar-refractivity contribution in [3.05, 3.63) is 58.6 Å². The molecule has 2 heterocycles. The molecule has 3 aromatic rings. The number of methoxy groups -OCH3 is 1. The van der Waals surface area contributed by atoms with E-state index in [0.29, 0.717) is 23.7 Å². The van der Waals surface area contributed by atoms with Crippen LogP contribution in [0.2, 0.25) is 5.02 Å². The fourth-order valence-electron chi connectivity index (χ4n) is 4.49. The van der Waals surface area contributed by atoms with E-state index >= 15 is 0 Å². The Morgan fingerprint density at radius 1 is 1.26 bits per heavy atom. The van der Waals surface area contributed by atoms with Gasteiger partial charge in [-0.25, -0.2) is 0 Å². The highest BCUT2D eigenvalue weighted by atomic mass is 35.5. The van der Waals surface area contributed by atoms with Crippen molar-refractivity contribution in [3.8, 4) is 10.4 Å². The summed E-state index contributed by atoms with van der Waals surface area (Å²) >= 11 is 7.88. The molecule has 160 valence electrons. The van der Waals surface area contributed by atoms with E-state index in [1.165, 1.54) is 0 Å². The van der Waals surface area contributed by atoms with Crippen LogP contribution in [0, 0.1) is 0 Å². The molecule has 2 aromatic carbocycles. The van der Waals surface area contributed by atoms with Crippen LogP contribution in [0.4, 0.5) is 0 Å². The second kappa shape index (κ2) is 8.26. The molecule has 0 bridgehead atoms. The molecule has 0 spiro atoms. The molecule has 1 aromatic heterocycles. The van der Waals surface area contributed by atoms with E-state index in [1.807, 2.05) is 47.4 Å². The number of hydrogen-bond donors (Lipinski definition) is 1. The normalized spacial score (nSPS) is 18.3. The number of amides is 2. The van der Waals surface area contributed by atoms with Crippen molar-refractivity contribution in [2.24, 2.45) is 0 Å². The number of halogens is 1. The molecule has 31 heavy (non-hydrogen) atoms. The molecule has 1 aliphatic heterocycles. The minimum Gasteiger partial charge on any atom is -0.383 e. The lowest BCUT2D eigenvalue weighted by Crippen LogP contribution is -2.51. The Morgan fingerprint density at radius 2 is 2.06 bits per heavy atom. The number of fused-ring (bicyclic) bond motifs is 5. The van der Waals surface area contributed by atoms with Gasteiger partial charge in [0, 0.05) is 39.7 Å². The van der Waals surface area contributed by atoms with Crippen molar-refractivity contribution in [2.75, 3.05) is 20.3 Å². The molecule has 1 fully saturated rings. The number of rotatable bonds is 5. The van der Waals surface area contributed by atoms with Crippen molar-refractivity contribution >= 4 is 44.8 Å². The van der Waals surface area contributed by atoms with E-state index in [2.05, 4.69) is 5.32 Å². The summed E-state index contributed by atoms with van der Waals surface area (Å²) in [6, 6.07) is 13.0. The summed E-state index contributed by atoms with van der Waals surface area (Å²) < 4.78 is 6.12. The Labute approximate surface area is 189 Å². The fraction of sp³-hybridized carbons (Fsp3) is 0.333. The molecule has 7 heteroatoms. The van der Waals surface area contributed by atoms with Crippen molar-refractivity contribution < 1.29 is 14.3 Å².